The maximum absolute atomic E-state index is 12.6. The molecule has 7 nitrogen and oxygen atoms in total. The van der Waals surface area contributed by atoms with E-state index >= 15 is 0 Å². The number of rotatable bonds is 7. The molecule has 1 aromatic rings. The molecular weight excluding hydrogens is 436 g/mol. The van der Waals surface area contributed by atoms with Crippen LogP contribution in [0.25, 0.3) is 6.08 Å². The van der Waals surface area contributed by atoms with Gasteiger partial charge in [-0.25, -0.2) is 0 Å². The Balaban J connectivity index is 2.52. The lowest BCUT2D eigenvalue weighted by molar-refractivity contribution is -0.140. The number of methoxy groups -OCH3 is 1. The van der Waals surface area contributed by atoms with Gasteiger partial charge in [0, 0.05) is 18.7 Å². The van der Waals surface area contributed by atoms with E-state index in [0.29, 0.717) is 30.3 Å². The number of hydrogen-bond donors (Lipinski definition) is 0. The highest BCUT2D eigenvalue weighted by atomic mass is 79.9. The topological polar surface area (TPSA) is 68.3 Å². The lowest BCUT2D eigenvalue weighted by atomic mass is 10.1. The van der Waals surface area contributed by atoms with Crippen LogP contribution in [0.3, 0.4) is 0 Å². The molecule has 27 heavy (non-hydrogen) atoms. The van der Waals surface area contributed by atoms with Crippen molar-refractivity contribution in [2.75, 3.05) is 33.9 Å². The van der Waals surface area contributed by atoms with Crippen LogP contribution in [0.2, 0.25) is 0 Å². The highest BCUT2D eigenvalue weighted by Crippen LogP contribution is 2.35. The van der Waals surface area contributed by atoms with E-state index in [1.165, 1.54) is 16.9 Å². The Morgan fingerprint density at radius 3 is 2.44 bits per heavy atom. The van der Waals surface area contributed by atoms with Crippen molar-refractivity contribution >= 4 is 51.2 Å². The Hall–Kier alpha value is -2.13. The van der Waals surface area contributed by atoms with Crippen LogP contribution in [0.4, 0.5) is 0 Å². The number of esters is 1. The zero-order valence-electron chi connectivity index (χ0n) is 15.6. The Labute approximate surface area is 172 Å². The molecule has 0 unspecified atom stereocenters. The van der Waals surface area contributed by atoms with Crippen molar-refractivity contribution in [1.29, 1.82) is 0 Å². The van der Waals surface area contributed by atoms with Crippen LogP contribution in [-0.4, -0.2) is 60.7 Å². The first-order chi connectivity index (χ1) is 12.8. The van der Waals surface area contributed by atoms with Crippen molar-refractivity contribution in [2.45, 2.75) is 13.8 Å². The van der Waals surface area contributed by atoms with Gasteiger partial charge in [0.2, 0.25) is 0 Å². The summed E-state index contributed by atoms with van der Waals surface area (Å²) < 4.78 is 16.7. The van der Waals surface area contributed by atoms with E-state index in [0.717, 1.165) is 4.47 Å². The standard InChI is InChI=1S/C18H21BrN2O5S/c1-5-25-14-9-15(26-6-2)12(19)7-11(14)8-13-17(23)20(3)18(27)21(13)10-16(22)24-4/h7-9H,5-6,10H2,1-4H3/b13-8+. The van der Waals surface area contributed by atoms with Crippen LogP contribution in [-0.2, 0) is 14.3 Å². The first-order valence-electron chi connectivity index (χ1n) is 8.31. The average molecular weight is 457 g/mol. The SMILES string of the molecule is CCOc1cc(OCC)c(/C=C2\C(=O)N(C)C(=S)N2CC(=O)OC)cc1Br. The monoisotopic (exact) mass is 456 g/mol. The van der Waals surface area contributed by atoms with Crippen molar-refractivity contribution in [1.82, 2.24) is 9.80 Å². The molecule has 1 saturated heterocycles. The van der Waals surface area contributed by atoms with E-state index in [-0.39, 0.29) is 23.3 Å². The number of ether oxygens (including phenoxy) is 3. The summed E-state index contributed by atoms with van der Waals surface area (Å²) in [5.74, 6) is 0.392. The lowest BCUT2D eigenvalue weighted by Crippen LogP contribution is -2.33. The molecule has 0 saturated carbocycles. The van der Waals surface area contributed by atoms with Gasteiger partial charge < -0.3 is 19.1 Å². The molecule has 0 N–H and O–H groups in total. The molecule has 146 valence electrons. The minimum atomic E-state index is -0.496. The third-order valence-corrected chi connectivity index (χ3v) is 4.92. The van der Waals surface area contributed by atoms with Crippen molar-refractivity contribution < 1.29 is 23.8 Å². The van der Waals surface area contributed by atoms with E-state index < -0.39 is 5.97 Å². The largest absolute Gasteiger partial charge is 0.493 e. The minimum Gasteiger partial charge on any atom is -0.493 e. The van der Waals surface area contributed by atoms with Crippen molar-refractivity contribution in [3.8, 4) is 11.5 Å². The molecular formula is C18H21BrN2O5S. The number of benzene rings is 1. The number of nitrogens with zero attached hydrogens (tertiary/aromatic N) is 2. The summed E-state index contributed by atoms with van der Waals surface area (Å²) in [5.41, 5.74) is 0.924. The van der Waals surface area contributed by atoms with Gasteiger partial charge in [0.15, 0.2) is 5.11 Å². The molecule has 1 aliphatic rings. The molecule has 1 aromatic carbocycles. The molecule has 0 aromatic heterocycles. The number of likely N-dealkylation sites (N-methyl/N-ethyl adjacent to an activating group) is 1. The van der Waals surface area contributed by atoms with Crippen LogP contribution in [0.15, 0.2) is 22.3 Å². The third kappa shape index (κ3) is 4.59. The van der Waals surface area contributed by atoms with Gasteiger partial charge >= 0.3 is 5.97 Å². The average Bonchev–Trinajstić information content (AvgIpc) is 2.83. The molecule has 0 bridgehead atoms. The summed E-state index contributed by atoms with van der Waals surface area (Å²) in [6.45, 7) is 4.56. The van der Waals surface area contributed by atoms with Crippen LogP contribution in [0.1, 0.15) is 19.4 Å². The highest BCUT2D eigenvalue weighted by Gasteiger charge is 2.37. The minimum absolute atomic E-state index is 0.153. The summed E-state index contributed by atoms with van der Waals surface area (Å²) in [6, 6.07) is 3.56. The van der Waals surface area contributed by atoms with Crippen LogP contribution in [0.5, 0.6) is 11.5 Å². The fourth-order valence-electron chi connectivity index (χ4n) is 2.50. The zero-order chi connectivity index (χ0) is 20.1. The molecule has 0 atom stereocenters. The second kappa shape index (κ2) is 9.18. The molecule has 0 aliphatic carbocycles. The summed E-state index contributed by atoms with van der Waals surface area (Å²) in [7, 11) is 2.85. The number of halogens is 1. The van der Waals surface area contributed by atoms with Gasteiger partial charge in [-0.2, -0.15) is 0 Å². The first-order valence-corrected chi connectivity index (χ1v) is 9.51. The Kier molecular flexibility index (Phi) is 7.20. The predicted octanol–water partition coefficient (Wildman–Crippen LogP) is 2.82. The van der Waals surface area contributed by atoms with Gasteiger partial charge in [0.1, 0.15) is 23.7 Å². The normalized spacial score (nSPS) is 15.5. The molecule has 1 aliphatic heterocycles. The fourth-order valence-corrected chi connectivity index (χ4v) is 3.22. The van der Waals surface area contributed by atoms with Gasteiger partial charge in [-0.1, -0.05) is 0 Å². The van der Waals surface area contributed by atoms with E-state index in [4.69, 9.17) is 26.4 Å². The molecule has 1 heterocycles. The number of hydrogen-bond acceptors (Lipinski definition) is 6. The molecule has 1 fully saturated rings. The van der Waals surface area contributed by atoms with E-state index in [1.807, 2.05) is 13.8 Å². The number of amides is 1. The van der Waals surface area contributed by atoms with Crippen LogP contribution in [0, 0.1) is 0 Å². The van der Waals surface area contributed by atoms with Crippen molar-refractivity contribution in [2.24, 2.45) is 0 Å². The Morgan fingerprint density at radius 2 is 1.85 bits per heavy atom. The third-order valence-electron chi connectivity index (χ3n) is 3.80. The van der Waals surface area contributed by atoms with E-state index in [9.17, 15) is 9.59 Å². The maximum Gasteiger partial charge on any atom is 0.325 e. The summed E-state index contributed by atoms with van der Waals surface area (Å²) in [6.07, 6.45) is 1.65. The smallest absolute Gasteiger partial charge is 0.325 e. The zero-order valence-corrected chi connectivity index (χ0v) is 18.0. The molecule has 0 radical (unpaired) electrons. The van der Waals surface area contributed by atoms with Gasteiger partial charge in [-0.15, -0.1) is 0 Å². The van der Waals surface area contributed by atoms with Gasteiger partial charge in [-0.05, 0) is 54.1 Å². The number of carbonyl (C=O) groups is 2. The number of thiocarbonyl (C=S) groups is 1. The van der Waals surface area contributed by atoms with E-state index in [1.54, 1.807) is 25.3 Å². The van der Waals surface area contributed by atoms with Crippen molar-refractivity contribution in [3.63, 3.8) is 0 Å². The predicted molar refractivity (Wildman–Crippen MR) is 109 cm³/mol. The molecule has 2 rings (SSSR count). The number of carbonyl (C=O) groups excluding carboxylic acids is 2. The maximum atomic E-state index is 12.6. The summed E-state index contributed by atoms with van der Waals surface area (Å²) in [5, 5.41) is 0.236. The molecule has 0 spiro atoms. The highest BCUT2D eigenvalue weighted by molar-refractivity contribution is 9.10. The molecule has 1 amide bonds. The summed E-state index contributed by atoms with van der Waals surface area (Å²) >= 11 is 8.76. The second-order valence-corrected chi connectivity index (χ2v) is 6.74. The van der Waals surface area contributed by atoms with E-state index in [2.05, 4.69) is 15.9 Å². The van der Waals surface area contributed by atoms with Crippen LogP contribution >= 0.6 is 28.1 Å². The fraction of sp³-hybridized carbons (Fsp3) is 0.389. The Morgan fingerprint density at radius 1 is 1.22 bits per heavy atom. The molecule has 9 heteroatoms. The lowest BCUT2D eigenvalue weighted by Gasteiger charge is -2.17. The summed E-state index contributed by atoms with van der Waals surface area (Å²) in [4.78, 5) is 27.1. The van der Waals surface area contributed by atoms with Crippen molar-refractivity contribution in [3.05, 3.63) is 27.9 Å². The first kappa shape index (κ1) is 21.2. The van der Waals surface area contributed by atoms with Crippen LogP contribution < -0.4 is 9.47 Å². The van der Waals surface area contributed by atoms with Gasteiger partial charge in [-0.3, -0.25) is 14.5 Å². The van der Waals surface area contributed by atoms with Gasteiger partial charge in [0.05, 0.1) is 24.8 Å². The Bertz CT molecular complexity index is 796. The van der Waals surface area contributed by atoms with Gasteiger partial charge in [0.25, 0.3) is 5.91 Å². The second-order valence-electron chi connectivity index (χ2n) is 5.53. The quantitative estimate of drug-likeness (QED) is 0.354.